The zero-order valence-corrected chi connectivity index (χ0v) is 14.5. The first-order valence-corrected chi connectivity index (χ1v) is 8.87. The molecule has 2 nitrogen and oxygen atoms in total. The van der Waals surface area contributed by atoms with Crippen LogP contribution in [0.15, 0.2) is 15.9 Å². The van der Waals surface area contributed by atoms with E-state index >= 15 is 0 Å². The van der Waals surface area contributed by atoms with E-state index in [0.717, 1.165) is 5.92 Å². The van der Waals surface area contributed by atoms with Crippen LogP contribution < -0.4 is 5.73 Å². The molecule has 0 aliphatic heterocycles. The third kappa shape index (κ3) is 3.81. The molecule has 1 aromatic heterocycles. The Balaban J connectivity index is 2.14. The summed E-state index contributed by atoms with van der Waals surface area (Å²) in [6, 6.07) is 3.40. The predicted molar refractivity (Wildman–Crippen MR) is 87.6 cm³/mol. The number of hydrogen-bond acceptors (Lipinski definition) is 3. The van der Waals surface area contributed by atoms with Crippen molar-refractivity contribution in [2.24, 2.45) is 11.7 Å². The second-order valence-electron chi connectivity index (χ2n) is 6.06. The SMILES string of the molecule is CC1CCCC(N(C)C(c2cc(Br)cs2)C(C)N)C1. The van der Waals surface area contributed by atoms with Crippen LogP contribution in [0.3, 0.4) is 0 Å². The molecule has 0 amide bonds. The number of likely N-dealkylation sites (N-methyl/N-ethyl adjacent to an activating group) is 1. The molecule has 1 aromatic rings. The summed E-state index contributed by atoms with van der Waals surface area (Å²) in [5, 5.41) is 2.15. The molecule has 0 radical (unpaired) electrons. The topological polar surface area (TPSA) is 29.3 Å². The molecule has 4 atom stereocenters. The van der Waals surface area contributed by atoms with Gasteiger partial charge in [-0.05, 0) is 54.7 Å². The summed E-state index contributed by atoms with van der Waals surface area (Å²) in [4.78, 5) is 3.90. The van der Waals surface area contributed by atoms with Gasteiger partial charge < -0.3 is 5.73 Å². The van der Waals surface area contributed by atoms with Crippen LogP contribution in [0.4, 0.5) is 0 Å². The highest BCUT2D eigenvalue weighted by Gasteiger charge is 2.30. The van der Waals surface area contributed by atoms with Gasteiger partial charge in [0.05, 0.1) is 6.04 Å². The van der Waals surface area contributed by atoms with Crippen molar-refractivity contribution in [3.05, 3.63) is 20.8 Å². The molecular weight excluding hydrogens is 320 g/mol. The summed E-state index contributed by atoms with van der Waals surface area (Å²) in [7, 11) is 2.25. The van der Waals surface area contributed by atoms with E-state index in [1.807, 2.05) is 11.3 Å². The Kier molecular flexibility index (Phi) is 5.46. The van der Waals surface area contributed by atoms with Crippen LogP contribution in [0.25, 0.3) is 0 Å². The summed E-state index contributed by atoms with van der Waals surface area (Å²) in [5.41, 5.74) is 6.27. The van der Waals surface area contributed by atoms with E-state index in [-0.39, 0.29) is 6.04 Å². The average molecular weight is 345 g/mol. The van der Waals surface area contributed by atoms with E-state index < -0.39 is 0 Å². The summed E-state index contributed by atoms with van der Waals surface area (Å²) < 4.78 is 1.17. The van der Waals surface area contributed by atoms with Crippen molar-refractivity contribution in [3.63, 3.8) is 0 Å². The molecule has 108 valence electrons. The maximum absolute atomic E-state index is 6.27. The normalized spacial score (nSPS) is 27.5. The van der Waals surface area contributed by atoms with E-state index in [4.69, 9.17) is 5.73 Å². The van der Waals surface area contributed by atoms with Crippen molar-refractivity contribution in [2.75, 3.05) is 7.05 Å². The van der Waals surface area contributed by atoms with Gasteiger partial charge in [-0.1, -0.05) is 19.8 Å². The molecule has 0 bridgehead atoms. The van der Waals surface area contributed by atoms with Gasteiger partial charge in [-0.15, -0.1) is 11.3 Å². The second kappa shape index (κ2) is 6.70. The summed E-state index contributed by atoms with van der Waals surface area (Å²) >= 11 is 5.37. The summed E-state index contributed by atoms with van der Waals surface area (Å²) in [6.07, 6.45) is 5.37. The highest BCUT2D eigenvalue weighted by molar-refractivity contribution is 9.10. The number of thiophene rings is 1. The van der Waals surface area contributed by atoms with Crippen molar-refractivity contribution in [1.29, 1.82) is 0 Å². The molecule has 0 saturated heterocycles. The molecule has 4 heteroatoms. The Labute approximate surface area is 129 Å². The second-order valence-corrected chi connectivity index (χ2v) is 7.92. The average Bonchev–Trinajstić information content (AvgIpc) is 2.75. The molecule has 1 aliphatic carbocycles. The van der Waals surface area contributed by atoms with Crippen LogP contribution in [0.5, 0.6) is 0 Å². The molecule has 19 heavy (non-hydrogen) atoms. The summed E-state index contributed by atoms with van der Waals surface area (Å²) in [5.74, 6) is 0.852. The quantitative estimate of drug-likeness (QED) is 0.876. The minimum absolute atomic E-state index is 0.160. The fourth-order valence-corrected chi connectivity index (χ4v) is 5.02. The number of hydrogen-bond donors (Lipinski definition) is 1. The highest BCUT2D eigenvalue weighted by Crippen LogP contribution is 2.35. The molecule has 4 unspecified atom stereocenters. The monoisotopic (exact) mass is 344 g/mol. The van der Waals surface area contributed by atoms with Gasteiger partial charge in [0.25, 0.3) is 0 Å². The largest absolute Gasteiger partial charge is 0.326 e. The van der Waals surface area contributed by atoms with Gasteiger partial charge in [-0.2, -0.15) is 0 Å². The van der Waals surface area contributed by atoms with Crippen LogP contribution in [0, 0.1) is 5.92 Å². The Morgan fingerprint density at radius 1 is 1.47 bits per heavy atom. The van der Waals surface area contributed by atoms with Crippen LogP contribution in [0.1, 0.15) is 50.4 Å². The van der Waals surface area contributed by atoms with Crippen LogP contribution in [-0.4, -0.2) is 24.0 Å². The van der Waals surface area contributed by atoms with Gasteiger partial charge in [-0.3, -0.25) is 4.90 Å². The number of nitrogens with two attached hydrogens (primary N) is 1. The van der Waals surface area contributed by atoms with Crippen molar-refractivity contribution in [2.45, 2.75) is 57.7 Å². The Morgan fingerprint density at radius 3 is 2.74 bits per heavy atom. The fourth-order valence-electron chi connectivity index (χ4n) is 3.31. The van der Waals surface area contributed by atoms with E-state index in [2.05, 4.69) is 53.2 Å². The van der Waals surface area contributed by atoms with Crippen LogP contribution in [0.2, 0.25) is 0 Å². The highest BCUT2D eigenvalue weighted by atomic mass is 79.9. The molecule has 2 rings (SSSR count). The number of halogens is 1. The summed E-state index contributed by atoms with van der Waals surface area (Å²) in [6.45, 7) is 4.50. The minimum atomic E-state index is 0.160. The number of nitrogens with zero attached hydrogens (tertiary/aromatic N) is 1. The van der Waals surface area contributed by atoms with Crippen molar-refractivity contribution >= 4 is 27.3 Å². The van der Waals surface area contributed by atoms with Crippen molar-refractivity contribution in [1.82, 2.24) is 4.90 Å². The van der Waals surface area contributed by atoms with Gasteiger partial charge in [0, 0.05) is 26.8 Å². The third-order valence-electron chi connectivity index (χ3n) is 4.30. The lowest BCUT2D eigenvalue weighted by atomic mass is 9.85. The van der Waals surface area contributed by atoms with Gasteiger partial charge in [0.2, 0.25) is 0 Å². The van der Waals surface area contributed by atoms with Gasteiger partial charge in [0.15, 0.2) is 0 Å². The molecule has 1 aliphatic rings. The van der Waals surface area contributed by atoms with Crippen LogP contribution in [-0.2, 0) is 0 Å². The van der Waals surface area contributed by atoms with Gasteiger partial charge >= 0.3 is 0 Å². The minimum Gasteiger partial charge on any atom is -0.326 e. The first-order valence-electron chi connectivity index (χ1n) is 7.20. The zero-order chi connectivity index (χ0) is 14.0. The smallest absolute Gasteiger partial charge is 0.0591 e. The molecule has 0 aromatic carbocycles. The number of rotatable bonds is 4. The maximum atomic E-state index is 6.27. The molecule has 0 spiro atoms. The molecular formula is C15H25BrN2S. The molecule has 1 heterocycles. The lowest BCUT2D eigenvalue weighted by Gasteiger charge is -2.40. The van der Waals surface area contributed by atoms with Crippen molar-refractivity contribution < 1.29 is 0 Å². The van der Waals surface area contributed by atoms with Crippen molar-refractivity contribution in [3.8, 4) is 0 Å². The Hall–Kier alpha value is 0.1000. The predicted octanol–water partition coefficient (Wildman–Crippen LogP) is 4.41. The van der Waals surface area contributed by atoms with E-state index in [9.17, 15) is 0 Å². The van der Waals surface area contributed by atoms with Gasteiger partial charge in [0.1, 0.15) is 0 Å². The molecule has 1 fully saturated rings. The maximum Gasteiger partial charge on any atom is 0.0591 e. The standard InChI is InChI=1S/C15H25BrN2S/c1-10-5-4-6-13(7-10)18(3)15(11(2)17)14-8-12(16)9-19-14/h8-11,13,15H,4-7,17H2,1-3H3. The van der Waals surface area contributed by atoms with E-state index in [1.165, 1.54) is 35.0 Å². The Bertz CT molecular complexity index is 405. The molecule has 2 N–H and O–H groups in total. The first-order chi connectivity index (χ1) is 8.99. The van der Waals surface area contributed by atoms with Gasteiger partial charge in [-0.25, -0.2) is 0 Å². The molecule has 1 saturated carbocycles. The first kappa shape index (κ1) is 15.5. The fraction of sp³-hybridized carbons (Fsp3) is 0.733. The zero-order valence-electron chi connectivity index (χ0n) is 12.1. The third-order valence-corrected chi connectivity index (χ3v) is 6.06. The van der Waals surface area contributed by atoms with E-state index in [1.54, 1.807) is 0 Å². The Morgan fingerprint density at radius 2 is 2.21 bits per heavy atom. The van der Waals surface area contributed by atoms with Crippen LogP contribution >= 0.6 is 27.3 Å². The van der Waals surface area contributed by atoms with E-state index in [0.29, 0.717) is 12.1 Å². The lowest BCUT2D eigenvalue weighted by molar-refractivity contribution is 0.108. The lowest BCUT2D eigenvalue weighted by Crippen LogP contribution is -2.44.